The predicted molar refractivity (Wildman–Crippen MR) is 93.1 cm³/mol. The molecule has 0 aliphatic heterocycles. The molecule has 0 spiro atoms. The number of rotatable bonds is 7. The van der Waals surface area contributed by atoms with Crippen molar-refractivity contribution in [3.8, 4) is 5.75 Å². The molecule has 0 aliphatic rings. The highest BCUT2D eigenvalue weighted by molar-refractivity contribution is 5.30. The summed E-state index contributed by atoms with van der Waals surface area (Å²) in [6, 6.07) is 17.1. The van der Waals surface area contributed by atoms with Crippen molar-refractivity contribution in [1.29, 1.82) is 0 Å². The molecule has 0 bridgehead atoms. The van der Waals surface area contributed by atoms with E-state index in [1.54, 1.807) is 14.0 Å². The van der Waals surface area contributed by atoms with Crippen LogP contribution in [-0.2, 0) is 0 Å². The normalized spacial score (nSPS) is 16.4. The number of hydrogen-bond donors (Lipinski definition) is 3. The highest BCUT2D eigenvalue weighted by atomic mass is 16.5. The fourth-order valence-corrected chi connectivity index (χ4v) is 2.87. The topological polar surface area (TPSA) is 81.5 Å². The van der Waals surface area contributed by atoms with Crippen LogP contribution < -0.4 is 16.2 Å². The van der Waals surface area contributed by atoms with Gasteiger partial charge in [0.25, 0.3) is 0 Å². The highest BCUT2D eigenvalue weighted by Crippen LogP contribution is 2.31. The molecule has 124 valence electrons. The van der Waals surface area contributed by atoms with Crippen LogP contribution in [0.2, 0.25) is 0 Å². The molecule has 0 radical (unpaired) electrons. The largest absolute Gasteiger partial charge is 0.497 e. The first-order valence-corrected chi connectivity index (χ1v) is 7.91. The van der Waals surface area contributed by atoms with Gasteiger partial charge in [-0.2, -0.15) is 0 Å². The van der Waals surface area contributed by atoms with Crippen molar-refractivity contribution < 1.29 is 9.84 Å². The van der Waals surface area contributed by atoms with Gasteiger partial charge in [0.1, 0.15) is 5.75 Å². The Morgan fingerprint density at radius 2 is 1.65 bits per heavy atom. The SMILES string of the molecule is COc1cccc(C(N)C[C@@H](C(N)c2ccccc2)[C@@H](C)O)c1. The summed E-state index contributed by atoms with van der Waals surface area (Å²) in [7, 11) is 1.63. The minimum absolute atomic E-state index is 0.126. The number of methoxy groups -OCH3 is 1. The summed E-state index contributed by atoms with van der Waals surface area (Å²) in [5, 5.41) is 10.2. The van der Waals surface area contributed by atoms with Gasteiger partial charge in [-0.1, -0.05) is 42.5 Å². The molecule has 4 atom stereocenters. The van der Waals surface area contributed by atoms with Gasteiger partial charge in [0, 0.05) is 18.0 Å². The van der Waals surface area contributed by atoms with Gasteiger partial charge in [-0.05, 0) is 36.6 Å². The number of benzene rings is 2. The van der Waals surface area contributed by atoms with Crippen molar-refractivity contribution in [3.05, 3.63) is 65.7 Å². The summed E-state index contributed by atoms with van der Waals surface area (Å²) in [5.41, 5.74) is 14.7. The molecule has 5 N–H and O–H groups in total. The van der Waals surface area contributed by atoms with Crippen molar-refractivity contribution in [3.63, 3.8) is 0 Å². The summed E-state index contributed by atoms with van der Waals surface area (Å²) < 4.78 is 5.24. The van der Waals surface area contributed by atoms with Gasteiger partial charge in [0.05, 0.1) is 13.2 Å². The molecule has 4 nitrogen and oxygen atoms in total. The molecule has 0 aliphatic carbocycles. The van der Waals surface area contributed by atoms with Crippen LogP contribution in [0.3, 0.4) is 0 Å². The molecular formula is C19H26N2O2. The summed E-state index contributed by atoms with van der Waals surface area (Å²) in [6.45, 7) is 1.77. The van der Waals surface area contributed by atoms with E-state index in [2.05, 4.69) is 0 Å². The van der Waals surface area contributed by atoms with Gasteiger partial charge in [0.2, 0.25) is 0 Å². The summed E-state index contributed by atoms with van der Waals surface area (Å²) in [6.07, 6.45) is 0.0582. The van der Waals surface area contributed by atoms with Gasteiger partial charge in [0.15, 0.2) is 0 Å². The zero-order valence-electron chi connectivity index (χ0n) is 13.7. The van der Waals surface area contributed by atoms with E-state index in [1.165, 1.54) is 0 Å². The fourth-order valence-electron chi connectivity index (χ4n) is 2.87. The summed E-state index contributed by atoms with van der Waals surface area (Å²) in [5.74, 6) is 0.650. The first kappa shape index (κ1) is 17.5. The molecule has 0 saturated heterocycles. The Kier molecular flexibility index (Phi) is 6.16. The average Bonchev–Trinajstić information content (AvgIpc) is 2.59. The second-order valence-electron chi connectivity index (χ2n) is 5.96. The van der Waals surface area contributed by atoms with Gasteiger partial charge < -0.3 is 21.3 Å². The van der Waals surface area contributed by atoms with Gasteiger partial charge in [-0.15, -0.1) is 0 Å². The minimum Gasteiger partial charge on any atom is -0.497 e. The molecule has 2 unspecified atom stereocenters. The molecule has 0 saturated carbocycles. The van der Waals surface area contributed by atoms with Crippen molar-refractivity contribution >= 4 is 0 Å². The molecule has 2 aromatic rings. The first-order chi connectivity index (χ1) is 11.0. The third-order valence-electron chi connectivity index (χ3n) is 4.31. The molecule has 0 fully saturated rings. The van der Waals surface area contributed by atoms with E-state index in [-0.39, 0.29) is 18.0 Å². The minimum atomic E-state index is -0.540. The number of hydrogen-bond acceptors (Lipinski definition) is 4. The van der Waals surface area contributed by atoms with Gasteiger partial charge in [-0.3, -0.25) is 0 Å². The molecule has 0 heterocycles. The second kappa shape index (κ2) is 8.11. The Morgan fingerprint density at radius 1 is 1.00 bits per heavy atom. The molecular weight excluding hydrogens is 288 g/mol. The van der Waals surface area contributed by atoms with Crippen molar-refractivity contribution in [2.75, 3.05) is 7.11 Å². The Bertz CT molecular complexity index is 601. The van der Waals surface area contributed by atoms with Crippen LogP contribution >= 0.6 is 0 Å². The smallest absolute Gasteiger partial charge is 0.119 e. The van der Waals surface area contributed by atoms with Crippen LogP contribution in [0.15, 0.2) is 54.6 Å². The monoisotopic (exact) mass is 314 g/mol. The van der Waals surface area contributed by atoms with E-state index < -0.39 is 6.10 Å². The van der Waals surface area contributed by atoms with Crippen molar-refractivity contribution in [2.45, 2.75) is 31.5 Å². The number of aliphatic hydroxyl groups is 1. The van der Waals surface area contributed by atoms with Gasteiger partial charge in [-0.25, -0.2) is 0 Å². The lowest BCUT2D eigenvalue weighted by atomic mass is 9.83. The molecule has 2 aromatic carbocycles. The van der Waals surface area contributed by atoms with E-state index in [4.69, 9.17) is 16.2 Å². The number of nitrogens with two attached hydrogens (primary N) is 2. The maximum atomic E-state index is 10.2. The maximum Gasteiger partial charge on any atom is 0.119 e. The van der Waals surface area contributed by atoms with E-state index in [0.717, 1.165) is 16.9 Å². The molecule has 23 heavy (non-hydrogen) atoms. The third kappa shape index (κ3) is 4.55. The van der Waals surface area contributed by atoms with E-state index in [0.29, 0.717) is 6.42 Å². The first-order valence-electron chi connectivity index (χ1n) is 7.91. The number of ether oxygens (including phenoxy) is 1. The van der Waals surface area contributed by atoms with Crippen LogP contribution in [0.25, 0.3) is 0 Å². The molecule has 0 amide bonds. The molecule has 0 aromatic heterocycles. The van der Waals surface area contributed by atoms with E-state index >= 15 is 0 Å². The van der Waals surface area contributed by atoms with Crippen LogP contribution in [0.4, 0.5) is 0 Å². The lowest BCUT2D eigenvalue weighted by Crippen LogP contribution is -2.32. The van der Waals surface area contributed by atoms with Crippen LogP contribution in [0.5, 0.6) is 5.75 Å². The Hall–Kier alpha value is -1.88. The van der Waals surface area contributed by atoms with E-state index in [1.807, 2.05) is 54.6 Å². The Morgan fingerprint density at radius 3 is 2.26 bits per heavy atom. The average molecular weight is 314 g/mol. The zero-order valence-corrected chi connectivity index (χ0v) is 13.7. The van der Waals surface area contributed by atoms with Crippen LogP contribution in [-0.4, -0.2) is 18.3 Å². The van der Waals surface area contributed by atoms with Crippen LogP contribution in [0, 0.1) is 5.92 Å². The summed E-state index contributed by atoms with van der Waals surface area (Å²) in [4.78, 5) is 0. The van der Waals surface area contributed by atoms with Crippen molar-refractivity contribution in [2.24, 2.45) is 17.4 Å². The Balaban J connectivity index is 2.15. The Labute approximate surface area is 138 Å². The number of aliphatic hydroxyl groups excluding tert-OH is 1. The lowest BCUT2D eigenvalue weighted by molar-refractivity contribution is 0.0987. The third-order valence-corrected chi connectivity index (χ3v) is 4.31. The molecule has 4 heteroatoms. The maximum absolute atomic E-state index is 10.2. The summed E-state index contributed by atoms with van der Waals surface area (Å²) >= 11 is 0. The van der Waals surface area contributed by atoms with E-state index in [9.17, 15) is 5.11 Å². The quantitative estimate of drug-likeness (QED) is 0.734. The van der Waals surface area contributed by atoms with Crippen molar-refractivity contribution in [1.82, 2.24) is 0 Å². The highest BCUT2D eigenvalue weighted by Gasteiger charge is 2.26. The zero-order chi connectivity index (χ0) is 16.8. The predicted octanol–water partition coefficient (Wildman–Crippen LogP) is 2.78. The fraction of sp³-hybridized carbons (Fsp3) is 0.368. The van der Waals surface area contributed by atoms with Gasteiger partial charge >= 0.3 is 0 Å². The molecule has 2 rings (SSSR count). The lowest BCUT2D eigenvalue weighted by Gasteiger charge is -2.29. The van der Waals surface area contributed by atoms with Crippen LogP contribution in [0.1, 0.15) is 36.6 Å². The standard InChI is InChI=1S/C19H26N2O2/c1-13(22)17(19(21)14-7-4-3-5-8-14)12-18(20)15-9-6-10-16(11-15)23-2/h3-11,13,17-19,22H,12,20-21H2,1-2H3/t13-,17-,18?,19?/m1/s1. The second-order valence-corrected chi connectivity index (χ2v) is 5.96.